The van der Waals surface area contributed by atoms with Crippen molar-refractivity contribution in [3.63, 3.8) is 0 Å². The summed E-state index contributed by atoms with van der Waals surface area (Å²) in [6.45, 7) is 11.8. The Morgan fingerprint density at radius 2 is 1.94 bits per heavy atom. The second-order valence-electron chi connectivity index (χ2n) is 6.28. The molecule has 16 heavy (non-hydrogen) atoms. The predicted molar refractivity (Wildman–Crippen MR) is 72.6 cm³/mol. The molecule has 0 amide bonds. The van der Waals surface area contributed by atoms with Crippen molar-refractivity contribution in [3.8, 4) is 0 Å². The van der Waals surface area contributed by atoms with E-state index in [2.05, 4.69) is 33.0 Å². The molecule has 1 saturated carbocycles. The first-order valence-corrected chi connectivity index (χ1v) is 7.34. The van der Waals surface area contributed by atoms with E-state index in [1.54, 1.807) is 0 Å². The molecule has 3 atom stereocenters. The van der Waals surface area contributed by atoms with Gasteiger partial charge in [-0.3, -0.25) is 0 Å². The van der Waals surface area contributed by atoms with Crippen molar-refractivity contribution in [2.75, 3.05) is 13.1 Å². The lowest BCUT2D eigenvalue weighted by atomic mass is 9.73. The van der Waals surface area contributed by atoms with Gasteiger partial charge in [0.25, 0.3) is 0 Å². The Morgan fingerprint density at radius 1 is 1.19 bits per heavy atom. The van der Waals surface area contributed by atoms with E-state index in [0.29, 0.717) is 0 Å². The summed E-state index contributed by atoms with van der Waals surface area (Å²) in [5.41, 5.74) is 0. The zero-order valence-electron chi connectivity index (χ0n) is 11.8. The first-order chi connectivity index (χ1) is 7.63. The number of hydrogen-bond acceptors (Lipinski definition) is 1. The molecule has 0 aromatic heterocycles. The molecule has 1 rings (SSSR count). The molecule has 1 nitrogen and oxygen atoms in total. The van der Waals surface area contributed by atoms with E-state index in [0.717, 1.165) is 23.7 Å². The molecule has 0 bridgehead atoms. The molecule has 3 unspecified atom stereocenters. The Labute approximate surface area is 102 Å². The number of nitrogens with one attached hydrogen (secondary N) is 1. The molecule has 0 radical (unpaired) electrons. The van der Waals surface area contributed by atoms with Crippen LogP contribution in [0.5, 0.6) is 0 Å². The van der Waals surface area contributed by atoms with Crippen LogP contribution in [-0.4, -0.2) is 13.1 Å². The van der Waals surface area contributed by atoms with Crippen LogP contribution in [0.25, 0.3) is 0 Å². The number of rotatable bonds is 6. The molecule has 96 valence electrons. The fourth-order valence-electron chi connectivity index (χ4n) is 3.11. The maximum atomic E-state index is 3.66. The van der Waals surface area contributed by atoms with Gasteiger partial charge in [0, 0.05) is 0 Å². The molecule has 0 aliphatic heterocycles. The average Bonchev–Trinajstić information content (AvgIpc) is 2.21. The fourth-order valence-corrected chi connectivity index (χ4v) is 3.11. The van der Waals surface area contributed by atoms with Gasteiger partial charge in [-0.25, -0.2) is 0 Å². The standard InChI is InChI=1S/C15H31N/c1-5-6-14-9-13(4)7-8-15(14)11-16-10-12(2)3/h12-16H,5-11H2,1-4H3. The quantitative estimate of drug-likeness (QED) is 0.718. The van der Waals surface area contributed by atoms with Gasteiger partial charge >= 0.3 is 0 Å². The highest BCUT2D eigenvalue weighted by Gasteiger charge is 2.27. The SMILES string of the molecule is CCCC1CC(C)CCC1CNCC(C)C. The third-order valence-electron chi connectivity index (χ3n) is 4.02. The van der Waals surface area contributed by atoms with Crippen LogP contribution in [0.4, 0.5) is 0 Å². The van der Waals surface area contributed by atoms with Crippen LogP contribution in [0.15, 0.2) is 0 Å². The summed E-state index contributed by atoms with van der Waals surface area (Å²) in [6, 6.07) is 0. The molecular weight excluding hydrogens is 194 g/mol. The van der Waals surface area contributed by atoms with E-state index < -0.39 is 0 Å². The van der Waals surface area contributed by atoms with Gasteiger partial charge in [-0.1, -0.05) is 47.0 Å². The van der Waals surface area contributed by atoms with Crippen LogP contribution >= 0.6 is 0 Å². The topological polar surface area (TPSA) is 12.0 Å². The molecule has 1 fully saturated rings. The van der Waals surface area contributed by atoms with Gasteiger partial charge in [0.2, 0.25) is 0 Å². The molecular formula is C15H31N. The van der Waals surface area contributed by atoms with Crippen LogP contribution < -0.4 is 5.32 Å². The highest BCUT2D eigenvalue weighted by Crippen LogP contribution is 2.35. The highest BCUT2D eigenvalue weighted by molar-refractivity contribution is 4.80. The van der Waals surface area contributed by atoms with Crippen molar-refractivity contribution < 1.29 is 0 Å². The minimum Gasteiger partial charge on any atom is -0.316 e. The first kappa shape index (κ1) is 14.0. The smallest absolute Gasteiger partial charge is 0.00178 e. The van der Waals surface area contributed by atoms with Crippen LogP contribution in [0.1, 0.15) is 59.8 Å². The molecule has 0 heterocycles. The van der Waals surface area contributed by atoms with E-state index >= 15 is 0 Å². The van der Waals surface area contributed by atoms with E-state index in [9.17, 15) is 0 Å². The molecule has 1 aliphatic rings. The zero-order valence-corrected chi connectivity index (χ0v) is 11.8. The molecule has 1 heteroatoms. The van der Waals surface area contributed by atoms with E-state index in [4.69, 9.17) is 0 Å². The summed E-state index contributed by atoms with van der Waals surface area (Å²) < 4.78 is 0. The largest absolute Gasteiger partial charge is 0.316 e. The summed E-state index contributed by atoms with van der Waals surface area (Å²) in [4.78, 5) is 0. The summed E-state index contributed by atoms with van der Waals surface area (Å²) >= 11 is 0. The molecule has 0 aromatic rings. The zero-order chi connectivity index (χ0) is 12.0. The van der Waals surface area contributed by atoms with Crippen LogP contribution in [-0.2, 0) is 0 Å². The number of hydrogen-bond donors (Lipinski definition) is 1. The Kier molecular flexibility index (Phi) is 6.41. The van der Waals surface area contributed by atoms with Crippen molar-refractivity contribution in [1.29, 1.82) is 0 Å². The molecule has 0 saturated heterocycles. The van der Waals surface area contributed by atoms with Crippen LogP contribution in [0, 0.1) is 23.7 Å². The monoisotopic (exact) mass is 225 g/mol. The van der Waals surface area contributed by atoms with E-state index in [1.807, 2.05) is 0 Å². The maximum Gasteiger partial charge on any atom is -0.00178 e. The Balaban J connectivity index is 2.30. The van der Waals surface area contributed by atoms with Gasteiger partial charge in [-0.2, -0.15) is 0 Å². The predicted octanol–water partition coefficient (Wildman–Crippen LogP) is 4.08. The minimum absolute atomic E-state index is 0.784. The molecule has 1 aliphatic carbocycles. The van der Waals surface area contributed by atoms with Gasteiger partial charge in [-0.15, -0.1) is 0 Å². The lowest BCUT2D eigenvalue weighted by molar-refractivity contribution is 0.173. The third kappa shape index (κ3) is 4.86. The Bertz CT molecular complexity index is 176. The average molecular weight is 225 g/mol. The van der Waals surface area contributed by atoms with Gasteiger partial charge in [0.15, 0.2) is 0 Å². The highest BCUT2D eigenvalue weighted by atomic mass is 14.9. The Morgan fingerprint density at radius 3 is 2.56 bits per heavy atom. The summed E-state index contributed by atoms with van der Waals surface area (Å²) in [6.07, 6.45) is 7.18. The lowest BCUT2D eigenvalue weighted by Crippen LogP contribution is -2.34. The first-order valence-electron chi connectivity index (χ1n) is 7.34. The lowest BCUT2D eigenvalue weighted by Gasteiger charge is -2.35. The van der Waals surface area contributed by atoms with E-state index in [-0.39, 0.29) is 0 Å². The van der Waals surface area contributed by atoms with Crippen LogP contribution in [0.3, 0.4) is 0 Å². The third-order valence-corrected chi connectivity index (χ3v) is 4.02. The van der Waals surface area contributed by atoms with Crippen molar-refractivity contribution in [2.24, 2.45) is 23.7 Å². The van der Waals surface area contributed by atoms with Gasteiger partial charge in [-0.05, 0) is 49.6 Å². The second-order valence-corrected chi connectivity index (χ2v) is 6.28. The van der Waals surface area contributed by atoms with Gasteiger partial charge < -0.3 is 5.32 Å². The normalized spacial score (nSPS) is 30.9. The van der Waals surface area contributed by atoms with Gasteiger partial charge in [0.1, 0.15) is 0 Å². The molecule has 0 spiro atoms. The molecule has 0 aromatic carbocycles. The summed E-state index contributed by atoms with van der Waals surface area (Å²) in [7, 11) is 0. The minimum atomic E-state index is 0.784. The van der Waals surface area contributed by atoms with E-state index in [1.165, 1.54) is 45.2 Å². The van der Waals surface area contributed by atoms with Crippen molar-refractivity contribution in [3.05, 3.63) is 0 Å². The fraction of sp³-hybridized carbons (Fsp3) is 1.00. The molecule has 1 N–H and O–H groups in total. The summed E-state index contributed by atoms with van der Waals surface area (Å²) in [5, 5.41) is 3.66. The summed E-state index contributed by atoms with van der Waals surface area (Å²) in [5.74, 6) is 3.70. The van der Waals surface area contributed by atoms with Crippen molar-refractivity contribution in [2.45, 2.75) is 59.8 Å². The van der Waals surface area contributed by atoms with Crippen molar-refractivity contribution >= 4 is 0 Å². The second kappa shape index (κ2) is 7.32. The van der Waals surface area contributed by atoms with Gasteiger partial charge in [0.05, 0.1) is 0 Å². The van der Waals surface area contributed by atoms with Crippen molar-refractivity contribution in [1.82, 2.24) is 5.32 Å². The van der Waals surface area contributed by atoms with Crippen LogP contribution in [0.2, 0.25) is 0 Å². The maximum absolute atomic E-state index is 3.66. The Hall–Kier alpha value is -0.0400.